The number of halogens is 1. The van der Waals surface area contributed by atoms with Crippen molar-refractivity contribution in [1.29, 1.82) is 0 Å². The van der Waals surface area contributed by atoms with E-state index < -0.39 is 0 Å². The third-order valence-electron chi connectivity index (χ3n) is 4.66. The molecule has 0 saturated carbocycles. The first-order valence-corrected chi connectivity index (χ1v) is 10.8. The second-order valence-electron chi connectivity index (χ2n) is 6.33. The molecule has 3 heterocycles. The number of fused-ring (bicyclic) bond motifs is 1. The van der Waals surface area contributed by atoms with Gasteiger partial charge in [-0.1, -0.05) is 17.7 Å². The Labute approximate surface area is 171 Å². The zero-order valence-corrected chi connectivity index (χ0v) is 17.2. The van der Waals surface area contributed by atoms with Crippen LogP contribution in [0.4, 0.5) is 5.69 Å². The van der Waals surface area contributed by atoms with Gasteiger partial charge in [0.15, 0.2) is 0 Å². The number of rotatable bonds is 5. The van der Waals surface area contributed by atoms with Gasteiger partial charge in [0.25, 0.3) is 0 Å². The number of benzene rings is 1. The number of ether oxygens (including phenoxy) is 1. The molecule has 0 saturated heterocycles. The first-order valence-electron chi connectivity index (χ1n) is 8.63. The Kier molecular flexibility index (Phi) is 5.50. The van der Waals surface area contributed by atoms with Gasteiger partial charge in [-0.25, -0.2) is 0 Å². The zero-order chi connectivity index (χ0) is 18.8. The van der Waals surface area contributed by atoms with Crippen LogP contribution in [-0.2, 0) is 11.2 Å². The quantitative estimate of drug-likeness (QED) is 0.629. The van der Waals surface area contributed by atoms with Gasteiger partial charge in [-0.15, -0.1) is 22.7 Å². The number of carbonyl (C=O) groups is 1. The lowest BCUT2D eigenvalue weighted by molar-refractivity contribution is -0.117. The van der Waals surface area contributed by atoms with E-state index in [1.807, 2.05) is 0 Å². The summed E-state index contributed by atoms with van der Waals surface area (Å²) in [7, 11) is 1.58. The molecule has 4 nitrogen and oxygen atoms in total. The van der Waals surface area contributed by atoms with Crippen molar-refractivity contribution in [3.05, 3.63) is 67.5 Å². The Hall–Kier alpha value is -1.86. The molecular formula is C20H19ClN2O2S2. The van der Waals surface area contributed by atoms with Crippen LogP contribution in [-0.4, -0.2) is 31.0 Å². The maximum atomic E-state index is 12.8. The van der Waals surface area contributed by atoms with E-state index in [1.54, 1.807) is 48.0 Å². The number of methoxy groups -OCH3 is 1. The third-order valence-corrected chi connectivity index (χ3v) is 6.82. The number of carbonyl (C=O) groups excluding carboxylic acids is 1. The molecule has 3 aromatic rings. The Bertz CT molecular complexity index is 939. The summed E-state index contributed by atoms with van der Waals surface area (Å²) in [6, 6.07) is 11.7. The minimum Gasteiger partial charge on any atom is -0.495 e. The lowest BCUT2D eigenvalue weighted by Gasteiger charge is -2.34. The highest BCUT2D eigenvalue weighted by atomic mass is 35.5. The molecule has 0 unspecified atom stereocenters. The molecule has 0 spiro atoms. The molecule has 1 aromatic carbocycles. The Morgan fingerprint density at radius 3 is 2.96 bits per heavy atom. The average Bonchev–Trinajstić information content (AvgIpc) is 3.33. The van der Waals surface area contributed by atoms with Gasteiger partial charge in [0.2, 0.25) is 5.91 Å². The van der Waals surface area contributed by atoms with Gasteiger partial charge in [-0.3, -0.25) is 9.69 Å². The summed E-state index contributed by atoms with van der Waals surface area (Å²) in [6.07, 6.45) is 0.975. The van der Waals surface area contributed by atoms with Crippen LogP contribution >= 0.6 is 34.3 Å². The summed E-state index contributed by atoms with van der Waals surface area (Å²) in [6.45, 7) is 1.17. The summed E-state index contributed by atoms with van der Waals surface area (Å²) in [5.74, 6) is 0.525. The second-order valence-corrected chi connectivity index (χ2v) is 8.75. The molecule has 27 heavy (non-hydrogen) atoms. The monoisotopic (exact) mass is 418 g/mol. The summed E-state index contributed by atoms with van der Waals surface area (Å²) < 4.78 is 5.32. The maximum absolute atomic E-state index is 12.8. The van der Waals surface area contributed by atoms with Crippen molar-refractivity contribution in [1.82, 2.24) is 4.90 Å². The number of hydrogen-bond acceptors (Lipinski definition) is 5. The summed E-state index contributed by atoms with van der Waals surface area (Å²) in [5, 5.41) is 7.74. The zero-order valence-electron chi connectivity index (χ0n) is 14.8. The third kappa shape index (κ3) is 3.89. The van der Waals surface area contributed by atoms with E-state index in [9.17, 15) is 4.79 Å². The summed E-state index contributed by atoms with van der Waals surface area (Å²) >= 11 is 9.60. The van der Waals surface area contributed by atoms with Crippen LogP contribution in [0.15, 0.2) is 47.2 Å². The topological polar surface area (TPSA) is 41.6 Å². The first kappa shape index (κ1) is 18.5. The highest BCUT2D eigenvalue weighted by Crippen LogP contribution is 2.39. The number of anilines is 1. The molecule has 7 heteroatoms. The van der Waals surface area contributed by atoms with Gasteiger partial charge in [0.05, 0.1) is 25.4 Å². The fourth-order valence-electron chi connectivity index (χ4n) is 3.47. The lowest BCUT2D eigenvalue weighted by Crippen LogP contribution is -2.40. The van der Waals surface area contributed by atoms with Crippen LogP contribution in [0.2, 0.25) is 5.02 Å². The van der Waals surface area contributed by atoms with Crippen LogP contribution in [0.25, 0.3) is 0 Å². The molecule has 140 valence electrons. The fourth-order valence-corrected chi connectivity index (χ4v) is 5.42. The molecule has 0 radical (unpaired) electrons. The van der Waals surface area contributed by atoms with E-state index in [2.05, 4.69) is 39.2 Å². The normalized spacial score (nSPS) is 16.7. The largest absolute Gasteiger partial charge is 0.495 e. The van der Waals surface area contributed by atoms with Crippen LogP contribution in [0, 0.1) is 0 Å². The highest BCUT2D eigenvalue weighted by molar-refractivity contribution is 7.10. The molecule has 2 aromatic heterocycles. The minimum absolute atomic E-state index is 0.0733. The van der Waals surface area contributed by atoms with E-state index in [-0.39, 0.29) is 11.9 Å². The predicted octanol–water partition coefficient (Wildman–Crippen LogP) is 5.06. The molecule has 1 amide bonds. The summed E-state index contributed by atoms with van der Waals surface area (Å²) in [5.41, 5.74) is 1.91. The predicted molar refractivity (Wildman–Crippen MR) is 112 cm³/mol. The number of amides is 1. The minimum atomic E-state index is -0.0733. The van der Waals surface area contributed by atoms with E-state index in [4.69, 9.17) is 16.3 Å². The number of nitrogens with one attached hydrogen (secondary N) is 1. The number of nitrogens with zero attached hydrogens (tertiary/aromatic N) is 1. The standard InChI is InChI=1S/C20H19ClN2O2S2/c1-25-16-5-4-13(21)11-15(16)22-19(24)12-23-8-6-17-14(7-10-27-17)20(23)18-3-2-9-26-18/h2-5,7,9-11,20H,6,8,12H2,1H3,(H,22,24)/t20-/m1/s1. The van der Waals surface area contributed by atoms with Crippen LogP contribution < -0.4 is 10.1 Å². The first-order chi connectivity index (χ1) is 13.2. The van der Waals surface area contributed by atoms with Crippen molar-refractivity contribution >= 4 is 45.9 Å². The average molecular weight is 419 g/mol. The maximum Gasteiger partial charge on any atom is 0.238 e. The van der Waals surface area contributed by atoms with Gasteiger partial charge in [0, 0.05) is 21.3 Å². The van der Waals surface area contributed by atoms with Gasteiger partial charge < -0.3 is 10.1 Å². The van der Waals surface area contributed by atoms with E-state index in [1.165, 1.54) is 15.3 Å². The second kappa shape index (κ2) is 8.02. The lowest BCUT2D eigenvalue weighted by atomic mass is 9.98. The van der Waals surface area contributed by atoms with E-state index in [0.29, 0.717) is 23.0 Å². The van der Waals surface area contributed by atoms with Crippen molar-refractivity contribution in [2.75, 3.05) is 25.5 Å². The van der Waals surface area contributed by atoms with Gasteiger partial charge in [0.1, 0.15) is 5.75 Å². The van der Waals surface area contributed by atoms with Crippen LogP contribution in [0.1, 0.15) is 21.4 Å². The number of thiophene rings is 2. The van der Waals surface area contributed by atoms with Gasteiger partial charge in [-0.05, 0) is 53.1 Å². The van der Waals surface area contributed by atoms with Crippen molar-refractivity contribution in [3.8, 4) is 5.75 Å². The van der Waals surface area contributed by atoms with E-state index >= 15 is 0 Å². The molecule has 1 aliphatic heterocycles. The molecule has 0 fully saturated rings. The smallest absolute Gasteiger partial charge is 0.238 e. The summed E-state index contributed by atoms with van der Waals surface area (Å²) in [4.78, 5) is 17.7. The number of hydrogen-bond donors (Lipinski definition) is 1. The van der Waals surface area contributed by atoms with E-state index in [0.717, 1.165) is 13.0 Å². The Morgan fingerprint density at radius 2 is 2.19 bits per heavy atom. The molecule has 1 aliphatic rings. The van der Waals surface area contributed by atoms with Crippen molar-refractivity contribution in [2.45, 2.75) is 12.5 Å². The van der Waals surface area contributed by atoms with Crippen molar-refractivity contribution < 1.29 is 9.53 Å². The van der Waals surface area contributed by atoms with Gasteiger partial charge in [-0.2, -0.15) is 0 Å². The highest BCUT2D eigenvalue weighted by Gasteiger charge is 2.31. The molecule has 1 N–H and O–H groups in total. The molecule has 0 bridgehead atoms. The molecule has 0 aliphatic carbocycles. The Balaban J connectivity index is 1.55. The van der Waals surface area contributed by atoms with Crippen LogP contribution in [0.5, 0.6) is 5.75 Å². The fraction of sp³-hybridized carbons (Fsp3) is 0.250. The SMILES string of the molecule is COc1ccc(Cl)cc1NC(=O)CN1CCc2sccc2[C@@H]1c1cccs1. The molecular weight excluding hydrogens is 400 g/mol. The van der Waals surface area contributed by atoms with Gasteiger partial charge >= 0.3 is 0 Å². The Morgan fingerprint density at radius 1 is 1.30 bits per heavy atom. The molecule has 4 rings (SSSR count). The van der Waals surface area contributed by atoms with Crippen molar-refractivity contribution in [3.63, 3.8) is 0 Å². The molecule has 1 atom stereocenters. The van der Waals surface area contributed by atoms with Crippen LogP contribution in [0.3, 0.4) is 0 Å². The van der Waals surface area contributed by atoms with Crippen molar-refractivity contribution in [2.24, 2.45) is 0 Å².